The topological polar surface area (TPSA) is 71.1 Å². The molecule has 3 amide bonds. The van der Waals surface area contributed by atoms with Gasteiger partial charge in [0.25, 0.3) is 0 Å². The van der Waals surface area contributed by atoms with Crippen molar-refractivity contribution < 1.29 is 19.1 Å². The lowest BCUT2D eigenvalue weighted by Gasteiger charge is -2.29. The standard InChI is InChI=1S/C29H35N3O4S/c1-3-35-25-14-12-24(13-15-25)30-29(34)32(19-26-10-7-17-36-26)21-28(33)31(18-23-8-5-4-6-9-23)20-27-16-11-22(2)37-27/h4-6,8-9,11-16,26H,3,7,10,17-21H2,1-2H3,(H,30,34). The number of amides is 3. The number of thiophene rings is 1. The van der Waals surface area contributed by atoms with Crippen molar-refractivity contribution in [2.45, 2.75) is 45.9 Å². The van der Waals surface area contributed by atoms with Gasteiger partial charge in [-0.15, -0.1) is 11.3 Å². The number of ether oxygens (including phenoxy) is 2. The minimum Gasteiger partial charge on any atom is -0.494 e. The predicted octanol–water partition coefficient (Wildman–Crippen LogP) is 5.70. The molecule has 196 valence electrons. The molecule has 0 bridgehead atoms. The van der Waals surface area contributed by atoms with Crippen LogP contribution in [0.5, 0.6) is 5.75 Å². The van der Waals surface area contributed by atoms with Crippen LogP contribution in [0, 0.1) is 6.92 Å². The van der Waals surface area contributed by atoms with Crippen LogP contribution < -0.4 is 10.1 Å². The van der Waals surface area contributed by atoms with Gasteiger partial charge in [0.2, 0.25) is 5.91 Å². The highest BCUT2D eigenvalue weighted by atomic mass is 32.1. The summed E-state index contributed by atoms with van der Waals surface area (Å²) < 4.78 is 11.3. The molecule has 4 rings (SSSR count). The van der Waals surface area contributed by atoms with E-state index in [0.29, 0.717) is 38.5 Å². The van der Waals surface area contributed by atoms with E-state index >= 15 is 0 Å². The molecule has 3 aromatic rings. The fraction of sp³-hybridized carbons (Fsp3) is 0.379. The van der Waals surface area contributed by atoms with E-state index in [4.69, 9.17) is 9.47 Å². The molecule has 0 aliphatic carbocycles. The van der Waals surface area contributed by atoms with Gasteiger partial charge < -0.3 is 24.6 Å². The van der Waals surface area contributed by atoms with Gasteiger partial charge in [0.05, 0.1) is 19.3 Å². The van der Waals surface area contributed by atoms with Crippen LogP contribution in [0.15, 0.2) is 66.7 Å². The second-order valence-electron chi connectivity index (χ2n) is 9.15. The van der Waals surface area contributed by atoms with Gasteiger partial charge in [-0.05, 0) is 68.7 Å². The van der Waals surface area contributed by atoms with Crippen molar-refractivity contribution in [3.63, 3.8) is 0 Å². The van der Waals surface area contributed by atoms with Crippen LogP contribution >= 0.6 is 11.3 Å². The van der Waals surface area contributed by atoms with Crippen LogP contribution in [-0.4, -0.2) is 54.1 Å². The molecule has 1 aromatic heterocycles. The van der Waals surface area contributed by atoms with Crippen molar-refractivity contribution >= 4 is 29.0 Å². The van der Waals surface area contributed by atoms with Crippen molar-refractivity contribution in [1.29, 1.82) is 0 Å². The van der Waals surface area contributed by atoms with Crippen LogP contribution in [0.2, 0.25) is 0 Å². The monoisotopic (exact) mass is 521 g/mol. The lowest BCUT2D eigenvalue weighted by atomic mass is 10.2. The van der Waals surface area contributed by atoms with Gasteiger partial charge in [-0.25, -0.2) is 4.79 Å². The van der Waals surface area contributed by atoms with E-state index in [-0.39, 0.29) is 24.6 Å². The molecule has 37 heavy (non-hydrogen) atoms. The number of urea groups is 1. The maximum absolute atomic E-state index is 13.7. The summed E-state index contributed by atoms with van der Waals surface area (Å²) in [5.41, 5.74) is 1.70. The zero-order chi connectivity index (χ0) is 26.0. The van der Waals surface area contributed by atoms with Crippen LogP contribution in [0.25, 0.3) is 0 Å². The van der Waals surface area contributed by atoms with E-state index < -0.39 is 0 Å². The summed E-state index contributed by atoms with van der Waals surface area (Å²) in [6, 6.07) is 21.0. The summed E-state index contributed by atoms with van der Waals surface area (Å²) in [5.74, 6) is 0.641. The molecule has 1 unspecified atom stereocenters. The number of hydrogen-bond acceptors (Lipinski definition) is 5. The molecular weight excluding hydrogens is 486 g/mol. The predicted molar refractivity (Wildman–Crippen MR) is 147 cm³/mol. The fourth-order valence-corrected chi connectivity index (χ4v) is 5.22. The highest BCUT2D eigenvalue weighted by molar-refractivity contribution is 7.11. The van der Waals surface area contributed by atoms with E-state index in [9.17, 15) is 9.59 Å². The summed E-state index contributed by atoms with van der Waals surface area (Å²) in [5, 5.41) is 2.94. The molecule has 0 spiro atoms. The molecule has 2 aromatic carbocycles. The Labute approximate surface area is 223 Å². The molecule has 1 N–H and O–H groups in total. The third-order valence-electron chi connectivity index (χ3n) is 6.19. The lowest BCUT2D eigenvalue weighted by molar-refractivity contribution is -0.133. The summed E-state index contributed by atoms with van der Waals surface area (Å²) in [6.07, 6.45) is 1.77. The number of aryl methyl sites for hydroxylation is 1. The number of nitrogens with zero attached hydrogens (tertiary/aromatic N) is 2. The molecule has 8 heteroatoms. The van der Waals surface area contributed by atoms with Gasteiger partial charge in [-0.2, -0.15) is 0 Å². The van der Waals surface area contributed by atoms with Gasteiger partial charge in [0, 0.05) is 35.1 Å². The van der Waals surface area contributed by atoms with Crippen LogP contribution in [-0.2, 0) is 22.6 Å². The second-order valence-corrected chi connectivity index (χ2v) is 10.5. The number of carbonyl (C=O) groups excluding carboxylic acids is 2. The molecule has 1 atom stereocenters. The Hall–Kier alpha value is -3.36. The third-order valence-corrected chi connectivity index (χ3v) is 7.18. The Bertz CT molecular complexity index is 1140. The van der Waals surface area contributed by atoms with Gasteiger partial charge in [-0.3, -0.25) is 4.79 Å². The van der Waals surface area contributed by atoms with Crippen molar-refractivity contribution in [1.82, 2.24) is 9.80 Å². The summed E-state index contributed by atoms with van der Waals surface area (Å²) in [4.78, 5) is 32.7. The number of rotatable bonds is 11. The quantitative estimate of drug-likeness (QED) is 0.352. The van der Waals surface area contributed by atoms with E-state index in [1.165, 1.54) is 4.88 Å². The molecule has 0 saturated carbocycles. The first-order valence-electron chi connectivity index (χ1n) is 12.8. The van der Waals surface area contributed by atoms with Crippen LogP contribution in [0.4, 0.5) is 10.5 Å². The first-order chi connectivity index (χ1) is 18.0. The Morgan fingerprint density at radius 2 is 1.81 bits per heavy atom. The maximum atomic E-state index is 13.7. The van der Waals surface area contributed by atoms with E-state index in [1.54, 1.807) is 28.4 Å². The number of benzene rings is 2. The van der Waals surface area contributed by atoms with Gasteiger partial charge in [-0.1, -0.05) is 30.3 Å². The molecule has 0 radical (unpaired) electrons. The minimum absolute atomic E-state index is 0.0279. The summed E-state index contributed by atoms with van der Waals surface area (Å²) in [7, 11) is 0. The maximum Gasteiger partial charge on any atom is 0.322 e. The van der Waals surface area contributed by atoms with E-state index in [1.807, 2.05) is 54.3 Å². The first-order valence-corrected chi connectivity index (χ1v) is 13.6. The molecule has 1 aliphatic rings. The molecular formula is C29H35N3O4S. The van der Waals surface area contributed by atoms with Crippen molar-refractivity contribution in [2.75, 3.05) is 31.6 Å². The molecule has 1 saturated heterocycles. The number of nitrogens with one attached hydrogen (secondary N) is 1. The number of carbonyl (C=O) groups is 2. The highest BCUT2D eigenvalue weighted by Gasteiger charge is 2.27. The van der Waals surface area contributed by atoms with Crippen LogP contribution in [0.1, 0.15) is 35.1 Å². The zero-order valence-corrected chi connectivity index (χ0v) is 22.3. The zero-order valence-electron chi connectivity index (χ0n) is 21.5. The van der Waals surface area contributed by atoms with Crippen LogP contribution in [0.3, 0.4) is 0 Å². The Balaban J connectivity index is 1.49. The SMILES string of the molecule is CCOc1ccc(NC(=O)N(CC(=O)N(Cc2ccccc2)Cc2ccc(C)s2)CC2CCCO2)cc1. The van der Waals surface area contributed by atoms with Gasteiger partial charge >= 0.3 is 6.03 Å². The van der Waals surface area contributed by atoms with E-state index in [2.05, 4.69) is 24.4 Å². The van der Waals surface area contributed by atoms with E-state index in [0.717, 1.165) is 29.0 Å². The Kier molecular flexibility index (Phi) is 9.57. The minimum atomic E-state index is -0.320. The smallest absolute Gasteiger partial charge is 0.322 e. The Morgan fingerprint density at radius 1 is 1.03 bits per heavy atom. The number of anilines is 1. The lowest BCUT2D eigenvalue weighted by Crippen LogP contribution is -2.46. The summed E-state index contributed by atoms with van der Waals surface area (Å²) >= 11 is 1.68. The summed E-state index contributed by atoms with van der Waals surface area (Å²) in [6.45, 7) is 6.57. The van der Waals surface area contributed by atoms with Gasteiger partial charge in [0.1, 0.15) is 12.3 Å². The van der Waals surface area contributed by atoms with Crippen molar-refractivity contribution in [3.8, 4) is 5.75 Å². The fourth-order valence-electron chi connectivity index (χ4n) is 4.31. The third kappa shape index (κ3) is 8.06. The number of hydrogen-bond donors (Lipinski definition) is 1. The second kappa shape index (κ2) is 13.3. The average Bonchev–Trinajstić information content (AvgIpc) is 3.56. The van der Waals surface area contributed by atoms with Gasteiger partial charge in [0.15, 0.2) is 0 Å². The Morgan fingerprint density at radius 3 is 2.46 bits per heavy atom. The highest BCUT2D eigenvalue weighted by Crippen LogP contribution is 2.21. The molecule has 1 fully saturated rings. The molecule has 2 heterocycles. The normalized spacial score (nSPS) is 14.8. The molecule has 1 aliphatic heterocycles. The van der Waals surface area contributed by atoms with Crippen molar-refractivity contribution in [3.05, 3.63) is 82.0 Å². The average molecular weight is 522 g/mol. The first kappa shape index (κ1) is 26.7. The van der Waals surface area contributed by atoms with Crippen molar-refractivity contribution in [2.24, 2.45) is 0 Å². The molecule has 7 nitrogen and oxygen atoms in total. The largest absolute Gasteiger partial charge is 0.494 e.